The number of aliphatic hydroxyl groups is 1. The van der Waals surface area contributed by atoms with Gasteiger partial charge in [0.2, 0.25) is 0 Å². The summed E-state index contributed by atoms with van der Waals surface area (Å²) in [7, 11) is 0. The number of piperazine rings is 1. The van der Waals surface area contributed by atoms with Gasteiger partial charge in [-0.05, 0) is 36.6 Å². The number of carbonyl (C=O) groups excluding carboxylic acids is 1. The Labute approximate surface area is 262 Å². The Morgan fingerprint density at radius 2 is 1.61 bits per heavy atom. The molecule has 1 aromatic heterocycles. The number of hydrogen-bond acceptors (Lipinski definition) is 5. The Kier molecular flexibility index (Phi) is 8.48. The third-order valence-electron chi connectivity index (χ3n) is 10.0. The summed E-state index contributed by atoms with van der Waals surface area (Å²) in [4.78, 5) is 45.5. The highest BCUT2D eigenvalue weighted by Gasteiger charge is 2.56. The van der Waals surface area contributed by atoms with E-state index in [0.29, 0.717) is 26.1 Å². The van der Waals surface area contributed by atoms with Crippen LogP contribution in [0.25, 0.3) is 11.1 Å². The molecule has 3 aromatic rings. The van der Waals surface area contributed by atoms with Crippen LogP contribution < -0.4 is 5.56 Å². The van der Waals surface area contributed by atoms with Gasteiger partial charge in [0.1, 0.15) is 0 Å². The van der Waals surface area contributed by atoms with Crippen molar-refractivity contribution in [2.24, 2.45) is 5.41 Å². The second-order valence-corrected chi connectivity index (χ2v) is 13.3. The Morgan fingerprint density at radius 1 is 0.932 bits per heavy atom. The van der Waals surface area contributed by atoms with Crippen LogP contribution in [0.5, 0.6) is 0 Å². The highest BCUT2D eigenvalue weighted by Crippen LogP contribution is 2.52. The van der Waals surface area contributed by atoms with Crippen LogP contribution in [0.2, 0.25) is 0 Å². The molecule has 3 heterocycles. The summed E-state index contributed by atoms with van der Waals surface area (Å²) >= 11 is 1.58. The van der Waals surface area contributed by atoms with Crippen LogP contribution in [0.3, 0.4) is 0 Å². The molecule has 10 heteroatoms. The zero-order valence-corrected chi connectivity index (χ0v) is 25.9. The van der Waals surface area contributed by atoms with Crippen molar-refractivity contribution in [3.63, 3.8) is 0 Å². The van der Waals surface area contributed by atoms with E-state index in [0.717, 1.165) is 47.3 Å². The molecule has 3 fully saturated rings. The Hall–Kier alpha value is -3.76. The van der Waals surface area contributed by atoms with Crippen LogP contribution in [0.4, 0.5) is 9.59 Å². The summed E-state index contributed by atoms with van der Waals surface area (Å²) in [6.45, 7) is 1.74. The summed E-state index contributed by atoms with van der Waals surface area (Å²) in [6, 6.07) is 20.6. The second-order valence-electron chi connectivity index (χ2n) is 12.4. The average Bonchev–Trinajstić information content (AvgIpc) is 3.53. The minimum Gasteiger partial charge on any atom is -0.465 e. The number of carboxylic acid groups (broad SMARTS) is 1. The van der Waals surface area contributed by atoms with Gasteiger partial charge in [0.15, 0.2) is 0 Å². The lowest BCUT2D eigenvalue weighted by Crippen LogP contribution is -2.64. The van der Waals surface area contributed by atoms with Crippen LogP contribution in [-0.2, 0) is 6.54 Å². The predicted octanol–water partition coefficient (Wildman–Crippen LogP) is 5.39. The standard InChI is InChI=1S/C34H40N4O5S/c1-44-29-22-37(30(39)20-27(29)25-10-4-2-5-11-25)24-34(43)16-17-36(23-33(34)14-8-9-15-33)31(40)38-19-18-35(32(41)42)21-28(38)26-12-6-3-7-13-26/h2-7,10-13,20,22,28,43H,8-9,14-19,21,23-24H2,1H3,(H,41,42)/t28-,34?/m0/s1. The van der Waals surface area contributed by atoms with E-state index in [1.165, 1.54) is 4.90 Å². The molecule has 2 aromatic carbocycles. The topological polar surface area (TPSA) is 106 Å². The lowest BCUT2D eigenvalue weighted by Gasteiger charge is -2.53. The Balaban J connectivity index is 1.26. The summed E-state index contributed by atoms with van der Waals surface area (Å²) in [5, 5.41) is 22.1. The Bertz CT molecular complexity index is 1560. The van der Waals surface area contributed by atoms with Crippen LogP contribution in [0.15, 0.2) is 82.6 Å². The average molecular weight is 617 g/mol. The largest absolute Gasteiger partial charge is 0.465 e. The number of hydrogen-bond donors (Lipinski definition) is 2. The van der Waals surface area contributed by atoms with Gasteiger partial charge in [-0.3, -0.25) is 4.79 Å². The number of urea groups is 1. The van der Waals surface area contributed by atoms with Gasteiger partial charge >= 0.3 is 12.1 Å². The molecular formula is C34H40N4O5S. The number of thioether (sulfide) groups is 1. The third-order valence-corrected chi connectivity index (χ3v) is 10.8. The maximum atomic E-state index is 14.2. The van der Waals surface area contributed by atoms with Crippen molar-refractivity contribution in [3.05, 3.63) is 88.8 Å². The van der Waals surface area contributed by atoms with E-state index in [1.54, 1.807) is 27.3 Å². The van der Waals surface area contributed by atoms with E-state index < -0.39 is 17.1 Å². The molecule has 44 heavy (non-hydrogen) atoms. The number of carbonyl (C=O) groups is 2. The minimum absolute atomic E-state index is 0.119. The molecule has 1 aliphatic carbocycles. The van der Waals surface area contributed by atoms with Gasteiger partial charge in [0, 0.05) is 60.9 Å². The first kappa shape index (κ1) is 30.3. The van der Waals surface area contributed by atoms with Crippen molar-refractivity contribution in [2.45, 2.75) is 55.2 Å². The Morgan fingerprint density at radius 3 is 2.27 bits per heavy atom. The van der Waals surface area contributed by atoms with Crippen molar-refractivity contribution in [1.29, 1.82) is 0 Å². The van der Waals surface area contributed by atoms with Gasteiger partial charge in [-0.25, -0.2) is 9.59 Å². The molecular weight excluding hydrogens is 576 g/mol. The van der Waals surface area contributed by atoms with Crippen molar-refractivity contribution < 1.29 is 19.8 Å². The number of benzene rings is 2. The maximum Gasteiger partial charge on any atom is 0.407 e. The van der Waals surface area contributed by atoms with Crippen LogP contribution >= 0.6 is 11.8 Å². The van der Waals surface area contributed by atoms with E-state index in [-0.39, 0.29) is 37.3 Å². The lowest BCUT2D eigenvalue weighted by atomic mass is 9.66. The second kappa shape index (κ2) is 12.3. The molecule has 3 amide bonds. The number of amides is 3. The molecule has 232 valence electrons. The van der Waals surface area contributed by atoms with E-state index in [2.05, 4.69) is 0 Å². The van der Waals surface area contributed by atoms with E-state index in [1.807, 2.05) is 78.0 Å². The fourth-order valence-corrected chi connectivity index (χ4v) is 8.18. The fraction of sp³-hybridized carbons (Fsp3) is 0.441. The molecule has 1 unspecified atom stereocenters. The number of pyridine rings is 1. The summed E-state index contributed by atoms with van der Waals surface area (Å²) in [5.41, 5.74) is 0.954. The molecule has 0 bridgehead atoms. The molecule has 2 atom stereocenters. The summed E-state index contributed by atoms with van der Waals surface area (Å²) in [6.07, 6.45) is 6.75. The SMILES string of the molecule is CSc1cn(CC2(O)CCN(C(=O)N3CCN(C(=O)O)C[C@H]3c3ccccc3)CC23CCCC3)c(=O)cc1-c1ccccc1. The molecule has 2 saturated heterocycles. The predicted molar refractivity (Wildman–Crippen MR) is 171 cm³/mol. The van der Waals surface area contributed by atoms with Crippen molar-refractivity contribution in [2.75, 3.05) is 39.0 Å². The number of rotatable bonds is 5. The molecule has 1 spiro atoms. The van der Waals surface area contributed by atoms with Crippen molar-refractivity contribution >= 4 is 23.9 Å². The molecule has 2 N–H and O–H groups in total. The van der Waals surface area contributed by atoms with Gasteiger partial charge in [-0.2, -0.15) is 0 Å². The summed E-state index contributed by atoms with van der Waals surface area (Å²) in [5.74, 6) is 0. The van der Waals surface area contributed by atoms with Gasteiger partial charge in [-0.15, -0.1) is 11.8 Å². The smallest absolute Gasteiger partial charge is 0.407 e. The third kappa shape index (κ3) is 5.61. The normalized spacial score (nSPS) is 23.2. The van der Waals surface area contributed by atoms with Gasteiger partial charge in [-0.1, -0.05) is 73.5 Å². The fourth-order valence-electron chi connectivity index (χ4n) is 7.55. The van der Waals surface area contributed by atoms with E-state index in [4.69, 9.17) is 0 Å². The zero-order valence-electron chi connectivity index (χ0n) is 25.1. The molecule has 2 aliphatic heterocycles. The number of aromatic nitrogens is 1. The van der Waals surface area contributed by atoms with Gasteiger partial charge < -0.3 is 29.5 Å². The number of likely N-dealkylation sites (tertiary alicyclic amines) is 1. The monoisotopic (exact) mass is 616 g/mol. The first-order valence-corrected chi connectivity index (χ1v) is 16.6. The molecule has 3 aliphatic rings. The van der Waals surface area contributed by atoms with Crippen LogP contribution in [-0.4, -0.2) is 86.2 Å². The highest BCUT2D eigenvalue weighted by atomic mass is 32.2. The maximum absolute atomic E-state index is 14.2. The molecule has 6 rings (SSSR count). The first-order chi connectivity index (χ1) is 21.2. The molecule has 0 radical (unpaired) electrons. The minimum atomic E-state index is -1.14. The molecule has 1 saturated carbocycles. The zero-order chi connectivity index (χ0) is 30.9. The van der Waals surface area contributed by atoms with Crippen molar-refractivity contribution in [3.8, 4) is 11.1 Å². The van der Waals surface area contributed by atoms with Gasteiger partial charge in [0.25, 0.3) is 5.56 Å². The van der Waals surface area contributed by atoms with E-state index in [9.17, 15) is 24.6 Å². The molecule has 9 nitrogen and oxygen atoms in total. The lowest BCUT2D eigenvalue weighted by molar-refractivity contribution is -0.137. The number of nitrogens with zero attached hydrogens (tertiary/aromatic N) is 4. The van der Waals surface area contributed by atoms with Crippen LogP contribution in [0.1, 0.15) is 43.7 Å². The first-order valence-electron chi connectivity index (χ1n) is 15.4. The van der Waals surface area contributed by atoms with Crippen molar-refractivity contribution in [1.82, 2.24) is 19.3 Å². The van der Waals surface area contributed by atoms with Crippen LogP contribution in [0, 0.1) is 5.41 Å². The summed E-state index contributed by atoms with van der Waals surface area (Å²) < 4.78 is 1.66. The number of piperidine rings is 1. The quantitative estimate of drug-likeness (QED) is 0.373. The van der Waals surface area contributed by atoms with E-state index >= 15 is 0 Å². The highest BCUT2D eigenvalue weighted by molar-refractivity contribution is 7.98. The van der Waals surface area contributed by atoms with Gasteiger partial charge in [0.05, 0.1) is 18.2 Å².